The molecule has 1 aromatic carbocycles. The zero-order valence-electron chi connectivity index (χ0n) is 18.4. The van der Waals surface area contributed by atoms with E-state index in [1.165, 1.54) is 23.5 Å². The Morgan fingerprint density at radius 2 is 1.70 bits per heavy atom. The molecule has 0 saturated carbocycles. The first-order valence-electron chi connectivity index (χ1n) is 9.90. The molecule has 0 fully saturated rings. The number of aryl methyl sites for hydroxylation is 1. The van der Waals surface area contributed by atoms with Crippen molar-refractivity contribution in [2.45, 2.75) is 52.0 Å². The van der Waals surface area contributed by atoms with E-state index >= 15 is 0 Å². The topological polar surface area (TPSA) is 96.5 Å². The molecular formula is C22H30N2O5S. The minimum atomic E-state index is -3.88. The highest BCUT2D eigenvalue weighted by molar-refractivity contribution is 7.89. The number of carbonyl (C=O) groups excluding carboxylic acids is 2. The van der Waals surface area contributed by atoms with Crippen LogP contribution in [0.25, 0.3) is 0 Å². The highest BCUT2D eigenvalue weighted by atomic mass is 32.2. The van der Waals surface area contributed by atoms with Crippen molar-refractivity contribution in [2.75, 3.05) is 13.7 Å². The van der Waals surface area contributed by atoms with Gasteiger partial charge in [-0.3, -0.25) is 4.79 Å². The summed E-state index contributed by atoms with van der Waals surface area (Å²) in [6.45, 7) is 9.15. The summed E-state index contributed by atoms with van der Waals surface area (Å²) < 4.78 is 32.7. The largest absolute Gasteiger partial charge is 0.464 e. The number of esters is 1. The maximum Gasteiger partial charge on any atom is 0.354 e. The number of ketones is 1. The second-order valence-corrected chi connectivity index (χ2v) is 9.66. The van der Waals surface area contributed by atoms with E-state index in [-0.39, 0.29) is 28.8 Å². The van der Waals surface area contributed by atoms with E-state index in [9.17, 15) is 18.0 Å². The lowest BCUT2D eigenvalue weighted by atomic mass is 10.0. The van der Waals surface area contributed by atoms with Crippen LogP contribution in [0, 0.1) is 19.8 Å². The Kier molecular flexibility index (Phi) is 7.60. The SMILES string of the molecule is COC(=O)c1[nH]c(C)c(C(=O)C(C)N(CCC(C)C)S(=O)(=O)c2ccccc2)c1C. The molecule has 1 atom stereocenters. The molecule has 1 heterocycles. The van der Waals surface area contributed by atoms with Crippen molar-refractivity contribution in [2.24, 2.45) is 5.92 Å². The molecule has 2 aromatic rings. The Bertz CT molecular complexity index is 1010. The molecule has 0 aliphatic heterocycles. The lowest BCUT2D eigenvalue weighted by Crippen LogP contribution is -2.44. The van der Waals surface area contributed by atoms with E-state index in [4.69, 9.17) is 4.74 Å². The number of sulfonamides is 1. The predicted octanol–water partition coefficient (Wildman–Crippen LogP) is 3.73. The molecule has 164 valence electrons. The summed E-state index contributed by atoms with van der Waals surface area (Å²) in [7, 11) is -2.61. The van der Waals surface area contributed by atoms with Crippen LogP contribution in [-0.4, -0.2) is 49.2 Å². The molecule has 7 nitrogen and oxygen atoms in total. The molecular weight excluding hydrogens is 404 g/mol. The van der Waals surface area contributed by atoms with E-state index in [0.29, 0.717) is 23.2 Å². The number of benzene rings is 1. The number of nitrogens with one attached hydrogen (secondary N) is 1. The third-order valence-electron chi connectivity index (χ3n) is 5.16. The Morgan fingerprint density at radius 1 is 1.10 bits per heavy atom. The summed E-state index contributed by atoms with van der Waals surface area (Å²) in [6.07, 6.45) is 0.613. The molecule has 8 heteroatoms. The Morgan fingerprint density at radius 3 is 2.23 bits per heavy atom. The average Bonchev–Trinajstić information content (AvgIpc) is 3.01. The highest BCUT2D eigenvalue weighted by Crippen LogP contribution is 2.25. The lowest BCUT2D eigenvalue weighted by Gasteiger charge is -2.28. The van der Waals surface area contributed by atoms with Gasteiger partial charge >= 0.3 is 5.97 Å². The van der Waals surface area contributed by atoms with Crippen molar-refractivity contribution in [3.05, 3.63) is 52.8 Å². The van der Waals surface area contributed by atoms with Gasteiger partial charge in [-0.1, -0.05) is 32.0 Å². The molecule has 30 heavy (non-hydrogen) atoms. The van der Waals surface area contributed by atoms with Gasteiger partial charge in [0.1, 0.15) is 5.69 Å². The monoisotopic (exact) mass is 434 g/mol. The van der Waals surface area contributed by atoms with Crippen LogP contribution in [0.15, 0.2) is 35.2 Å². The van der Waals surface area contributed by atoms with Gasteiger partial charge in [0.2, 0.25) is 10.0 Å². The summed E-state index contributed by atoms with van der Waals surface area (Å²) in [5, 5.41) is 0. The fourth-order valence-electron chi connectivity index (χ4n) is 3.40. The number of carbonyl (C=O) groups is 2. The van der Waals surface area contributed by atoms with Crippen LogP contribution < -0.4 is 0 Å². The van der Waals surface area contributed by atoms with Crippen molar-refractivity contribution in [3.8, 4) is 0 Å². The fourth-order valence-corrected chi connectivity index (χ4v) is 5.03. The standard InChI is InChI=1S/C22H30N2O5S/c1-14(2)12-13-24(30(27,28)18-10-8-7-9-11-18)17(5)21(25)19-15(3)20(22(26)29-6)23-16(19)4/h7-11,14,17,23H,12-13H2,1-6H3. The number of Topliss-reactive ketones (excluding diaryl/α,β-unsaturated/α-hetero) is 1. The van der Waals surface area contributed by atoms with Gasteiger partial charge in [0.05, 0.1) is 18.0 Å². The van der Waals surface area contributed by atoms with E-state index in [0.717, 1.165) is 0 Å². The molecule has 1 aromatic heterocycles. The first kappa shape index (κ1) is 23.8. The second kappa shape index (κ2) is 9.57. The zero-order valence-corrected chi connectivity index (χ0v) is 19.2. The van der Waals surface area contributed by atoms with E-state index in [2.05, 4.69) is 4.98 Å². The number of aromatic amines is 1. The Hall–Kier alpha value is -2.45. The van der Waals surface area contributed by atoms with Crippen LogP contribution >= 0.6 is 0 Å². The van der Waals surface area contributed by atoms with Crippen molar-refractivity contribution >= 4 is 21.8 Å². The van der Waals surface area contributed by atoms with Crippen LogP contribution in [-0.2, 0) is 14.8 Å². The quantitative estimate of drug-likeness (QED) is 0.479. The number of H-pyrrole nitrogens is 1. The van der Waals surface area contributed by atoms with Gasteiger partial charge in [0.25, 0.3) is 0 Å². The normalized spacial score (nSPS) is 12.9. The number of nitrogens with zero attached hydrogens (tertiary/aromatic N) is 1. The molecule has 0 bridgehead atoms. The lowest BCUT2D eigenvalue weighted by molar-refractivity contribution is 0.0594. The predicted molar refractivity (Wildman–Crippen MR) is 115 cm³/mol. The molecule has 0 radical (unpaired) electrons. The van der Waals surface area contributed by atoms with Crippen molar-refractivity contribution in [3.63, 3.8) is 0 Å². The summed E-state index contributed by atoms with van der Waals surface area (Å²) in [5.41, 5.74) is 1.48. The summed E-state index contributed by atoms with van der Waals surface area (Å²) in [6, 6.07) is 7.17. The van der Waals surface area contributed by atoms with Crippen LogP contribution in [0.4, 0.5) is 0 Å². The average molecular weight is 435 g/mol. The van der Waals surface area contributed by atoms with Gasteiger partial charge in [0, 0.05) is 17.8 Å². The number of methoxy groups -OCH3 is 1. The Balaban J connectivity index is 2.49. The zero-order chi connectivity index (χ0) is 22.6. The van der Waals surface area contributed by atoms with Gasteiger partial charge in [-0.15, -0.1) is 0 Å². The molecule has 0 amide bonds. The molecule has 1 unspecified atom stereocenters. The van der Waals surface area contributed by atoms with Gasteiger partial charge in [-0.2, -0.15) is 4.31 Å². The maximum absolute atomic E-state index is 13.4. The smallest absolute Gasteiger partial charge is 0.354 e. The molecule has 0 aliphatic rings. The van der Waals surface area contributed by atoms with Crippen LogP contribution in [0.5, 0.6) is 0 Å². The molecule has 0 aliphatic carbocycles. The first-order chi connectivity index (χ1) is 14.0. The minimum Gasteiger partial charge on any atom is -0.464 e. The first-order valence-corrected chi connectivity index (χ1v) is 11.3. The number of hydrogen-bond donors (Lipinski definition) is 1. The van der Waals surface area contributed by atoms with Crippen molar-refractivity contribution in [1.82, 2.24) is 9.29 Å². The van der Waals surface area contributed by atoms with Crippen molar-refractivity contribution in [1.29, 1.82) is 0 Å². The van der Waals surface area contributed by atoms with Crippen LogP contribution in [0.1, 0.15) is 59.3 Å². The molecule has 0 saturated heterocycles. The van der Waals surface area contributed by atoms with Gasteiger partial charge in [-0.05, 0) is 50.8 Å². The summed E-state index contributed by atoms with van der Waals surface area (Å²) >= 11 is 0. The number of rotatable bonds is 9. The molecule has 1 N–H and O–H groups in total. The van der Waals surface area contributed by atoms with Gasteiger partial charge < -0.3 is 9.72 Å². The number of hydrogen-bond acceptors (Lipinski definition) is 5. The highest BCUT2D eigenvalue weighted by Gasteiger charge is 2.35. The Labute approximate surface area is 178 Å². The summed E-state index contributed by atoms with van der Waals surface area (Å²) in [5.74, 6) is -0.669. The fraction of sp³-hybridized carbons (Fsp3) is 0.455. The number of aromatic nitrogens is 1. The van der Waals surface area contributed by atoms with E-state index in [1.54, 1.807) is 39.0 Å². The van der Waals surface area contributed by atoms with Crippen LogP contribution in [0.3, 0.4) is 0 Å². The van der Waals surface area contributed by atoms with Gasteiger partial charge in [-0.25, -0.2) is 13.2 Å². The number of ether oxygens (including phenoxy) is 1. The molecule has 0 spiro atoms. The third kappa shape index (κ3) is 4.82. The van der Waals surface area contributed by atoms with Crippen molar-refractivity contribution < 1.29 is 22.7 Å². The maximum atomic E-state index is 13.4. The minimum absolute atomic E-state index is 0.145. The van der Waals surface area contributed by atoms with Gasteiger partial charge in [0.15, 0.2) is 5.78 Å². The van der Waals surface area contributed by atoms with Crippen LogP contribution in [0.2, 0.25) is 0 Å². The van der Waals surface area contributed by atoms with E-state index < -0.39 is 22.0 Å². The molecule has 2 rings (SSSR count). The van der Waals surface area contributed by atoms with E-state index in [1.807, 2.05) is 13.8 Å². The second-order valence-electron chi connectivity index (χ2n) is 7.77. The summed E-state index contributed by atoms with van der Waals surface area (Å²) in [4.78, 5) is 28.4. The third-order valence-corrected chi connectivity index (χ3v) is 7.15.